The molecule has 0 aliphatic carbocycles. The van der Waals surface area contributed by atoms with Gasteiger partial charge in [0.2, 0.25) is 0 Å². The molecule has 44 valence electrons. The Morgan fingerprint density at radius 2 is 1.86 bits per heavy atom. The van der Waals surface area contributed by atoms with E-state index in [4.69, 9.17) is 9.76 Å². The Balaban J connectivity index is 3.60. The monoisotopic (exact) mass is 128 g/mol. The second-order valence-electron chi connectivity index (χ2n) is 0.689. The molecule has 0 radical (unpaired) electrons. The molecule has 0 aliphatic heterocycles. The first-order valence-corrected chi connectivity index (χ1v) is 2.63. The molecule has 4 N–H and O–H groups in total. The Morgan fingerprint density at radius 3 is 1.86 bits per heavy atom. The van der Waals surface area contributed by atoms with Gasteiger partial charge in [0.25, 0.3) is 0 Å². The van der Waals surface area contributed by atoms with Gasteiger partial charge < -0.3 is 5.21 Å². The zero-order chi connectivity index (χ0) is 5.91. The van der Waals surface area contributed by atoms with Crippen molar-refractivity contribution in [2.75, 3.05) is 0 Å². The number of nitrogens with one attached hydrogen (secondary N) is 2. The third kappa shape index (κ3) is 5.79. The van der Waals surface area contributed by atoms with Gasteiger partial charge in [-0.3, -0.25) is 4.55 Å². The van der Waals surface area contributed by atoms with Crippen molar-refractivity contribution >= 4 is 10.3 Å². The second kappa shape index (κ2) is 2.19. The minimum absolute atomic E-state index is 1.02. The van der Waals surface area contributed by atoms with Crippen LogP contribution in [0.3, 0.4) is 0 Å². The van der Waals surface area contributed by atoms with Gasteiger partial charge in [0.1, 0.15) is 0 Å². The smallest absolute Gasteiger partial charge is 0.301 e. The SMILES string of the molecule is O=S(=O)(O)NNO. The van der Waals surface area contributed by atoms with Gasteiger partial charge in [0.15, 0.2) is 0 Å². The zero-order valence-corrected chi connectivity index (χ0v) is 3.94. The lowest BCUT2D eigenvalue weighted by molar-refractivity contribution is 0.144. The molecule has 6 nitrogen and oxygen atoms in total. The second-order valence-corrected chi connectivity index (χ2v) is 1.84. The van der Waals surface area contributed by atoms with E-state index < -0.39 is 10.3 Å². The summed E-state index contributed by atoms with van der Waals surface area (Å²) < 4.78 is 26.6. The van der Waals surface area contributed by atoms with Gasteiger partial charge in [0, 0.05) is 0 Å². The first kappa shape index (κ1) is 6.79. The maximum Gasteiger partial charge on any atom is 0.348 e. The van der Waals surface area contributed by atoms with Gasteiger partial charge in [-0.05, 0) is 0 Å². The number of hydrogen-bond donors (Lipinski definition) is 4. The summed E-state index contributed by atoms with van der Waals surface area (Å²) in [4.78, 5) is 1.12. The highest BCUT2D eigenvalue weighted by molar-refractivity contribution is 7.83. The lowest BCUT2D eigenvalue weighted by atomic mass is 12.8. The van der Waals surface area contributed by atoms with Gasteiger partial charge in [-0.15, -0.1) is 10.4 Å². The van der Waals surface area contributed by atoms with Crippen LogP contribution < -0.4 is 10.4 Å². The highest BCUT2D eigenvalue weighted by Crippen LogP contribution is 1.61. The van der Waals surface area contributed by atoms with Crippen molar-refractivity contribution in [2.24, 2.45) is 0 Å². The highest BCUT2D eigenvalue weighted by Gasteiger charge is 1.96. The molecule has 0 saturated heterocycles. The molecule has 0 heterocycles. The van der Waals surface area contributed by atoms with Crippen molar-refractivity contribution in [1.29, 1.82) is 0 Å². The molecule has 0 aromatic carbocycles. The van der Waals surface area contributed by atoms with E-state index in [-0.39, 0.29) is 0 Å². The molecule has 0 rings (SSSR count). The Morgan fingerprint density at radius 1 is 1.43 bits per heavy atom. The van der Waals surface area contributed by atoms with Crippen LogP contribution in [0.4, 0.5) is 0 Å². The van der Waals surface area contributed by atoms with E-state index in [1.165, 1.54) is 0 Å². The van der Waals surface area contributed by atoms with Gasteiger partial charge in [0.05, 0.1) is 0 Å². The first-order chi connectivity index (χ1) is 3.06. The predicted octanol–water partition coefficient (Wildman–Crippen LogP) is -1.73. The summed E-state index contributed by atoms with van der Waals surface area (Å²) in [6, 6.07) is 0. The molecule has 0 saturated carbocycles. The molecule has 0 unspecified atom stereocenters. The fourth-order valence-electron chi connectivity index (χ4n) is 0.0577. The fraction of sp³-hybridized carbons (Fsp3) is 0. The van der Waals surface area contributed by atoms with E-state index >= 15 is 0 Å². The van der Waals surface area contributed by atoms with Crippen LogP contribution in [0.2, 0.25) is 0 Å². The maximum atomic E-state index is 9.45. The predicted molar refractivity (Wildman–Crippen MR) is 19.6 cm³/mol. The van der Waals surface area contributed by atoms with Crippen LogP contribution in [0.25, 0.3) is 0 Å². The van der Waals surface area contributed by atoms with Crippen LogP contribution >= 0.6 is 0 Å². The molecule has 0 amide bonds. The van der Waals surface area contributed by atoms with E-state index in [9.17, 15) is 8.42 Å². The molecule has 0 aromatic rings. The van der Waals surface area contributed by atoms with Gasteiger partial charge in [-0.2, -0.15) is 8.42 Å². The van der Waals surface area contributed by atoms with E-state index in [2.05, 4.69) is 0 Å². The molecule has 0 bridgehead atoms. The Kier molecular flexibility index (Phi) is 2.12. The quantitative estimate of drug-likeness (QED) is 0.262. The summed E-state index contributed by atoms with van der Waals surface area (Å²) >= 11 is 0. The van der Waals surface area contributed by atoms with Gasteiger partial charge in [-0.25, -0.2) is 0 Å². The van der Waals surface area contributed by atoms with Crippen LogP contribution in [0.15, 0.2) is 0 Å². The average molecular weight is 128 g/mol. The van der Waals surface area contributed by atoms with Crippen molar-refractivity contribution in [1.82, 2.24) is 10.4 Å². The molecule has 0 aliphatic rings. The molecule has 0 spiro atoms. The van der Waals surface area contributed by atoms with E-state index in [1.54, 1.807) is 0 Å². The van der Waals surface area contributed by atoms with Gasteiger partial charge in [-0.1, -0.05) is 0 Å². The van der Waals surface area contributed by atoms with E-state index in [0.717, 1.165) is 10.4 Å². The van der Waals surface area contributed by atoms with Gasteiger partial charge >= 0.3 is 10.3 Å². The first-order valence-electron chi connectivity index (χ1n) is 1.19. The van der Waals surface area contributed by atoms with Crippen LogP contribution in [0.5, 0.6) is 0 Å². The summed E-state index contributed by atoms with van der Waals surface area (Å²) in [7, 11) is -4.29. The van der Waals surface area contributed by atoms with Crippen LogP contribution in [-0.4, -0.2) is 18.2 Å². The van der Waals surface area contributed by atoms with Crippen molar-refractivity contribution in [3.05, 3.63) is 0 Å². The number of rotatable bonds is 2. The summed E-state index contributed by atoms with van der Waals surface area (Å²) in [6.45, 7) is 0. The Hall–Kier alpha value is -0.210. The minimum atomic E-state index is -4.29. The Bertz CT molecular complexity index is 123. The van der Waals surface area contributed by atoms with E-state index in [1.807, 2.05) is 0 Å². The lowest BCUT2D eigenvalue weighted by Crippen LogP contribution is -2.33. The minimum Gasteiger partial charge on any atom is -0.301 e. The van der Waals surface area contributed by atoms with Crippen LogP contribution in [0.1, 0.15) is 0 Å². The topological polar surface area (TPSA) is 98.7 Å². The molecule has 0 aromatic heterocycles. The largest absolute Gasteiger partial charge is 0.348 e. The van der Waals surface area contributed by atoms with Crippen molar-refractivity contribution in [3.63, 3.8) is 0 Å². The summed E-state index contributed by atoms with van der Waals surface area (Å²) in [6.07, 6.45) is 0. The lowest BCUT2D eigenvalue weighted by Gasteiger charge is -1.91. The normalized spacial score (nSPS) is 11.7. The third-order valence-electron chi connectivity index (χ3n) is 0.175. The fourth-order valence-corrected chi connectivity index (χ4v) is 0.173. The maximum absolute atomic E-state index is 9.45. The zero-order valence-electron chi connectivity index (χ0n) is 3.12. The average Bonchev–Trinajstić information content (AvgIpc) is 1.30. The molecular formula is H4N2O4S. The van der Waals surface area contributed by atoms with E-state index in [0.29, 0.717) is 0 Å². The number of hydrogen-bond acceptors (Lipinski definition) is 4. The summed E-state index contributed by atoms with van der Waals surface area (Å²) in [5, 5.41) is 7.50. The third-order valence-corrected chi connectivity index (χ3v) is 0.524. The molecule has 7 heteroatoms. The molecular weight excluding hydrogens is 124 g/mol. The standard InChI is InChI=1S/H4N2O4S/c3-1-2-7(4,5)6/h1-3H,(H,4,5,6). The Labute approximate surface area is 40.0 Å². The van der Waals surface area contributed by atoms with Crippen molar-refractivity contribution in [2.45, 2.75) is 0 Å². The summed E-state index contributed by atoms with van der Waals surface area (Å²) in [5.74, 6) is 0. The molecule has 0 atom stereocenters. The van der Waals surface area contributed by atoms with Crippen molar-refractivity contribution in [3.8, 4) is 0 Å². The van der Waals surface area contributed by atoms with Crippen LogP contribution in [-0.2, 0) is 10.3 Å². The van der Waals surface area contributed by atoms with Crippen molar-refractivity contribution < 1.29 is 18.2 Å². The number of hydrazine groups is 1. The molecule has 0 fully saturated rings. The van der Waals surface area contributed by atoms with Crippen LogP contribution in [0, 0.1) is 0 Å². The highest BCUT2D eigenvalue weighted by atomic mass is 32.2. The summed E-state index contributed by atoms with van der Waals surface area (Å²) in [5.41, 5.74) is 1.02. The molecule has 7 heavy (non-hydrogen) atoms.